The van der Waals surface area contributed by atoms with Crippen molar-refractivity contribution in [3.05, 3.63) is 139 Å². The molecule has 0 aromatic heterocycles. The average molecular weight is 1590 g/mol. The molecule has 4 aromatic rings. The predicted octanol–water partition coefficient (Wildman–Crippen LogP) is 19.3. The summed E-state index contributed by atoms with van der Waals surface area (Å²) in [6.07, 6.45) is 23.3. The van der Waals surface area contributed by atoms with Gasteiger partial charge >= 0.3 is 18.3 Å². The van der Waals surface area contributed by atoms with Gasteiger partial charge in [-0.25, -0.2) is 14.4 Å². The Hall–Kier alpha value is -5.99. The van der Waals surface area contributed by atoms with Crippen LogP contribution in [-0.2, 0) is 28.6 Å². The van der Waals surface area contributed by atoms with Crippen molar-refractivity contribution >= 4 is 106 Å². The summed E-state index contributed by atoms with van der Waals surface area (Å²) >= 11 is 28.8. The summed E-state index contributed by atoms with van der Waals surface area (Å²) < 4.78 is 16.2. The molecule has 2 unspecified atom stereocenters. The number of piperidine rings is 4. The van der Waals surface area contributed by atoms with Gasteiger partial charge in [0.05, 0.1) is 22.9 Å². The first-order valence-corrected chi connectivity index (χ1v) is 41.3. The Balaban J connectivity index is 0.000000172. The maximum Gasteiger partial charge on any atom is 0.410 e. The lowest BCUT2D eigenvalue weighted by Crippen LogP contribution is -2.63. The van der Waals surface area contributed by atoms with Gasteiger partial charge in [0.25, 0.3) is 0 Å². The molecule has 6 saturated heterocycles. The van der Waals surface area contributed by atoms with E-state index in [9.17, 15) is 33.6 Å². The van der Waals surface area contributed by atoms with Crippen molar-refractivity contribution in [2.75, 3.05) is 78.5 Å². The monoisotopic (exact) mass is 1590 g/mol. The lowest BCUT2D eigenvalue weighted by molar-refractivity contribution is -0.175. The number of hydrogen-bond acceptors (Lipinski definition) is 13. The fraction of sp³-hybridized carbons (Fsp3) is 0.624. The second-order valence-electron chi connectivity index (χ2n) is 33.7. The number of rotatable bonds is 12. The van der Waals surface area contributed by atoms with Gasteiger partial charge in [0.15, 0.2) is 0 Å². The van der Waals surface area contributed by atoms with E-state index in [4.69, 9.17) is 77.9 Å². The zero-order valence-electron chi connectivity index (χ0n) is 65.3. The van der Waals surface area contributed by atoms with E-state index in [-0.39, 0.29) is 52.4 Å². The predicted molar refractivity (Wildman–Crippen MR) is 433 cm³/mol. The third-order valence-corrected chi connectivity index (χ3v) is 23.4. The first kappa shape index (κ1) is 87.6. The van der Waals surface area contributed by atoms with Crippen LogP contribution in [0.3, 0.4) is 0 Å². The summed E-state index contributed by atoms with van der Waals surface area (Å²) in [5, 5.41) is 6.16. The molecule has 3 saturated carbocycles. The molecule has 0 bridgehead atoms. The fourth-order valence-electron chi connectivity index (χ4n) is 16.3. The van der Waals surface area contributed by atoms with Crippen molar-refractivity contribution in [1.29, 1.82) is 0 Å². The Morgan fingerprint density at radius 2 is 0.796 bits per heavy atom. The molecule has 23 heteroatoms. The molecule has 2 atom stereocenters. The summed E-state index contributed by atoms with van der Waals surface area (Å²) in [5.41, 5.74) is 8.15. The van der Waals surface area contributed by atoms with Gasteiger partial charge in [0.2, 0.25) is 17.1 Å². The number of nitrogens with one attached hydrogen (secondary N) is 1. The van der Waals surface area contributed by atoms with Crippen molar-refractivity contribution in [2.24, 2.45) is 51.1 Å². The minimum atomic E-state index is -0.473. The number of carbonyl (C=O) groups excluding carboxylic acids is 7. The van der Waals surface area contributed by atoms with E-state index in [0.717, 1.165) is 182 Å². The zero-order chi connectivity index (χ0) is 78.4. The van der Waals surface area contributed by atoms with Crippen LogP contribution in [-0.4, -0.2) is 168 Å². The summed E-state index contributed by atoms with van der Waals surface area (Å²) in [5.74, 6) is 3.09. The van der Waals surface area contributed by atoms with Gasteiger partial charge in [-0.05, 0) is 272 Å². The van der Waals surface area contributed by atoms with Crippen LogP contribution >= 0.6 is 58.0 Å². The lowest BCUT2D eigenvalue weighted by atomic mass is 9.66. The zero-order valence-corrected chi connectivity index (χ0v) is 69.1. The molecule has 3 aliphatic carbocycles. The number of carbonyl (C=O) groups is 7. The highest BCUT2D eigenvalue weighted by Gasteiger charge is 2.63. The number of aldehydes is 1. The standard InChI is InChI=1S/C24H33ClN2O3.C19H25ClN2O.C18H25ClN2O2.C11H22N2O2.C7H5ClO.C6H9ClO/c1-23(2,3)30-22(29)26-14-10-17(11-15-26)16-27-20(18-6-8-19(25)9-7-18)24(21(27)28)12-4-5-13-24;20-16-5-3-15(4-6-16)17-19(9-1-2-10-19)18(23)22(17)13-14-7-11-21-12-8-14;1-18(2,3)23-17(22)21-10-8-15(9-11-21)13-20-12-14-4-6-16(19)7-5-14;1-11(2,3)15-10(14)13-6-4-9(8-12)5-7-13;8-7-3-1-6(5-9)2-4-7;7-6(8)5-3-1-2-4-5/h6-9,17,20H,4-5,10-16H2,1-3H3;3-6,14,17,21H,1-2,7-13H2;4-7,12,15H,8-11,13H2,1-3H3;9H,4-8,12H2,1-3H3;1-5H;5H,1-4H2. The van der Waals surface area contributed by atoms with Crippen molar-refractivity contribution in [3.8, 4) is 0 Å². The van der Waals surface area contributed by atoms with Crippen LogP contribution in [0.5, 0.6) is 0 Å². The van der Waals surface area contributed by atoms with E-state index in [0.29, 0.717) is 59.2 Å². The average Bonchev–Trinajstić information content (AvgIpc) is 1.25. The molecule has 594 valence electrons. The number of β-lactam (4-membered cyclic amide) rings is 2. The molecule has 6 heterocycles. The number of aliphatic imine (C=N–C) groups is 1. The number of likely N-dealkylation sites (tertiary alicyclic amines) is 5. The van der Waals surface area contributed by atoms with Gasteiger partial charge in [-0.3, -0.25) is 24.2 Å². The first-order chi connectivity index (χ1) is 51.3. The Morgan fingerprint density at radius 3 is 1.12 bits per heavy atom. The van der Waals surface area contributed by atoms with E-state index in [1.165, 1.54) is 49.7 Å². The number of amides is 5. The number of ether oxygens (including phenoxy) is 3. The highest BCUT2D eigenvalue weighted by Crippen LogP contribution is 2.61. The van der Waals surface area contributed by atoms with Crippen LogP contribution in [0.4, 0.5) is 14.4 Å². The Morgan fingerprint density at radius 1 is 0.472 bits per heavy atom. The fourth-order valence-corrected chi connectivity index (χ4v) is 17.0. The van der Waals surface area contributed by atoms with Crippen LogP contribution in [0.15, 0.2) is 102 Å². The molecule has 0 radical (unpaired) electrons. The smallest absolute Gasteiger partial charge is 0.410 e. The number of halogens is 5. The SMILES string of the molecule is CC(C)(C)OC(=O)N1CCC(CN)CC1.CC(C)(C)OC(=O)N1CCC(CN2C(=O)C3(CCCC3)C2c2ccc(Cl)cc2)CC1.CC(C)(C)OC(=O)N1CCC(CN=Cc2ccc(Cl)cc2)CC1.O=C(Cl)C1CCCC1.O=C1N(CC2CCNCC2)C(c2ccc(Cl)cc2)C12CCCC2.O=Cc1ccc(Cl)cc1. The third-order valence-electron chi connectivity index (χ3n) is 22.1. The lowest BCUT2D eigenvalue weighted by Gasteiger charge is -2.56. The van der Waals surface area contributed by atoms with E-state index >= 15 is 0 Å². The van der Waals surface area contributed by atoms with Gasteiger partial charge in [-0.15, -0.1) is 0 Å². The number of benzene rings is 4. The number of nitrogens with two attached hydrogens (primary N) is 1. The summed E-state index contributed by atoms with van der Waals surface area (Å²) in [4.78, 5) is 96.9. The maximum atomic E-state index is 13.3. The van der Waals surface area contributed by atoms with Crippen LogP contribution in [0, 0.1) is 40.4 Å². The van der Waals surface area contributed by atoms with Crippen LogP contribution in [0.25, 0.3) is 0 Å². The van der Waals surface area contributed by atoms with E-state index < -0.39 is 16.8 Å². The molecule has 108 heavy (non-hydrogen) atoms. The molecule has 4 aromatic carbocycles. The van der Waals surface area contributed by atoms with Crippen LogP contribution < -0.4 is 11.1 Å². The molecule has 5 amide bonds. The normalized spacial score (nSPS) is 21.2. The second kappa shape index (κ2) is 41.0. The van der Waals surface area contributed by atoms with Crippen LogP contribution in [0.2, 0.25) is 20.1 Å². The van der Waals surface area contributed by atoms with Crippen molar-refractivity contribution in [2.45, 2.75) is 220 Å². The van der Waals surface area contributed by atoms with Crippen molar-refractivity contribution in [1.82, 2.24) is 29.8 Å². The Labute approximate surface area is 667 Å². The van der Waals surface area contributed by atoms with E-state index in [2.05, 4.69) is 44.4 Å². The van der Waals surface area contributed by atoms with Crippen LogP contribution in [0.1, 0.15) is 230 Å². The van der Waals surface area contributed by atoms with Gasteiger partial charge in [0.1, 0.15) is 23.1 Å². The Bertz CT molecular complexity index is 3540. The minimum absolute atomic E-state index is 0.110. The topological polar surface area (TPSA) is 214 Å². The maximum absolute atomic E-state index is 13.3. The number of hydrogen-bond donors (Lipinski definition) is 2. The highest BCUT2D eigenvalue weighted by atomic mass is 35.5. The molecule has 9 aliphatic rings. The van der Waals surface area contributed by atoms with Gasteiger partial charge < -0.3 is 49.8 Å². The van der Waals surface area contributed by atoms with Gasteiger partial charge in [-0.1, -0.05) is 133 Å². The van der Waals surface area contributed by atoms with Gasteiger partial charge in [-0.2, -0.15) is 0 Å². The molecule has 2 spiro atoms. The first-order valence-electron chi connectivity index (χ1n) is 39.4. The number of nitrogens with zero attached hydrogens (tertiary/aromatic N) is 6. The highest BCUT2D eigenvalue weighted by molar-refractivity contribution is 6.64. The van der Waals surface area contributed by atoms with Crippen molar-refractivity contribution < 1.29 is 47.8 Å². The summed E-state index contributed by atoms with van der Waals surface area (Å²) in [7, 11) is 0. The van der Waals surface area contributed by atoms with Gasteiger partial charge in [0, 0.05) is 96.7 Å². The Kier molecular flexibility index (Phi) is 33.2. The molecule has 18 nitrogen and oxygen atoms in total. The molecule has 6 aliphatic heterocycles. The molecular formula is C85H119Cl5N8O10. The van der Waals surface area contributed by atoms with Crippen molar-refractivity contribution in [3.63, 3.8) is 0 Å². The molecule has 9 fully saturated rings. The molecule has 13 rings (SSSR count). The third kappa shape index (κ3) is 26.0. The summed E-state index contributed by atoms with van der Waals surface area (Å²) in [6, 6.07) is 31.0. The van der Waals surface area contributed by atoms with E-state index in [1.54, 1.807) is 39.0 Å². The molecular weight excluding hydrogens is 1470 g/mol. The summed E-state index contributed by atoms with van der Waals surface area (Å²) in [6.45, 7) is 26.8. The second-order valence-corrected chi connectivity index (χ2v) is 35.8. The quantitative estimate of drug-likeness (QED) is 0.0446. The largest absolute Gasteiger partial charge is 0.444 e. The molecule has 3 N–H and O–H groups in total. The minimum Gasteiger partial charge on any atom is -0.444 e. The van der Waals surface area contributed by atoms with E-state index in [1.807, 2.05) is 117 Å².